The highest BCUT2D eigenvalue weighted by Crippen LogP contribution is 2.16. The summed E-state index contributed by atoms with van der Waals surface area (Å²) in [6, 6.07) is 11.2. The van der Waals surface area contributed by atoms with E-state index in [0.29, 0.717) is 17.6 Å². The highest BCUT2D eigenvalue weighted by molar-refractivity contribution is 9.10. The number of hydrogen-bond acceptors (Lipinski definition) is 3. The standard InChI is InChI=1S/C14H14BrFN2O2S/c15-13-6-3-11(7-14(13)16)9-18-8-10-1-4-12(5-2-10)21(17,19)20/h1-7,18H,8-9H2,(H2,17,19,20). The van der Waals surface area contributed by atoms with Crippen molar-refractivity contribution in [2.24, 2.45) is 5.14 Å². The molecule has 0 bridgehead atoms. The summed E-state index contributed by atoms with van der Waals surface area (Å²) >= 11 is 3.10. The molecule has 0 aliphatic rings. The van der Waals surface area contributed by atoms with Crippen molar-refractivity contribution >= 4 is 26.0 Å². The molecule has 0 radical (unpaired) electrons. The molecule has 0 aliphatic carbocycles. The minimum absolute atomic E-state index is 0.0845. The highest BCUT2D eigenvalue weighted by Gasteiger charge is 2.06. The lowest BCUT2D eigenvalue weighted by Crippen LogP contribution is -2.14. The molecule has 0 saturated carbocycles. The number of sulfonamides is 1. The van der Waals surface area contributed by atoms with Crippen LogP contribution in [0.3, 0.4) is 0 Å². The van der Waals surface area contributed by atoms with Gasteiger partial charge < -0.3 is 5.32 Å². The summed E-state index contributed by atoms with van der Waals surface area (Å²) in [5.41, 5.74) is 1.75. The minimum atomic E-state index is -3.66. The molecular weight excluding hydrogens is 359 g/mol. The van der Waals surface area contributed by atoms with E-state index in [9.17, 15) is 12.8 Å². The lowest BCUT2D eigenvalue weighted by molar-refractivity contribution is 0.597. The van der Waals surface area contributed by atoms with Crippen molar-refractivity contribution in [3.63, 3.8) is 0 Å². The van der Waals surface area contributed by atoms with E-state index < -0.39 is 10.0 Å². The van der Waals surface area contributed by atoms with E-state index >= 15 is 0 Å². The number of nitrogens with one attached hydrogen (secondary N) is 1. The van der Waals surface area contributed by atoms with Gasteiger partial charge in [0.05, 0.1) is 9.37 Å². The van der Waals surface area contributed by atoms with Crippen LogP contribution in [0.5, 0.6) is 0 Å². The summed E-state index contributed by atoms with van der Waals surface area (Å²) < 4.78 is 36.0. The molecule has 0 saturated heterocycles. The van der Waals surface area contributed by atoms with Crippen LogP contribution in [-0.2, 0) is 23.1 Å². The van der Waals surface area contributed by atoms with Crippen molar-refractivity contribution in [3.8, 4) is 0 Å². The van der Waals surface area contributed by atoms with Crippen LogP contribution in [0.15, 0.2) is 51.8 Å². The number of halogens is 2. The summed E-state index contributed by atoms with van der Waals surface area (Å²) in [5.74, 6) is -0.299. The van der Waals surface area contributed by atoms with E-state index in [0.717, 1.165) is 11.1 Å². The molecule has 0 unspecified atom stereocenters. The van der Waals surface area contributed by atoms with Crippen molar-refractivity contribution in [1.29, 1.82) is 0 Å². The molecule has 2 rings (SSSR count). The van der Waals surface area contributed by atoms with Gasteiger partial charge in [0.25, 0.3) is 0 Å². The Morgan fingerprint density at radius 2 is 1.62 bits per heavy atom. The molecule has 0 aromatic heterocycles. The summed E-state index contributed by atoms with van der Waals surface area (Å²) in [6.07, 6.45) is 0. The number of benzene rings is 2. The molecule has 3 N–H and O–H groups in total. The van der Waals surface area contributed by atoms with Crippen LogP contribution in [-0.4, -0.2) is 8.42 Å². The second-order valence-electron chi connectivity index (χ2n) is 4.54. The summed E-state index contributed by atoms with van der Waals surface area (Å²) in [4.78, 5) is 0.0845. The Morgan fingerprint density at radius 1 is 1.05 bits per heavy atom. The fourth-order valence-electron chi connectivity index (χ4n) is 1.80. The van der Waals surface area contributed by atoms with Crippen LogP contribution in [0.25, 0.3) is 0 Å². The summed E-state index contributed by atoms with van der Waals surface area (Å²) in [7, 11) is -3.66. The van der Waals surface area contributed by atoms with Gasteiger partial charge in [0.1, 0.15) is 5.82 Å². The Labute approximate surface area is 131 Å². The Balaban J connectivity index is 1.93. The second-order valence-corrected chi connectivity index (χ2v) is 6.96. The van der Waals surface area contributed by atoms with Gasteiger partial charge in [0.2, 0.25) is 10.0 Å². The zero-order valence-electron chi connectivity index (χ0n) is 11.0. The Bertz CT molecular complexity index is 733. The third-order valence-corrected chi connectivity index (χ3v) is 4.47. The molecule has 0 aliphatic heterocycles. The number of hydrogen-bond donors (Lipinski definition) is 2. The number of rotatable bonds is 5. The molecule has 0 fully saturated rings. The average molecular weight is 373 g/mol. The first-order valence-corrected chi connectivity index (χ1v) is 8.46. The molecule has 0 atom stereocenters. The molecule has 112 valence electrons. The quantitative estimate of drug-likeness (QED) is 0.846. The minimum Gasteiger partial charge on any atom is -0.309 e. The highest BCUT2D eigenvalue weighted by atomic mass is 79.9. The van der Waals surface area contributed by atoms with Gasteiger partial charge in [-0.2, -0.15) is 0 Å². The van der Waals surface area contributed by atoms with E-state index in [-0.39, 0.29) is 10.7 Å². The van der Waals surface area contributed by atoms with Gasteiger partial charge >= 0.3 is 0 Å². The molecule has 0 heterocycles. The van der Waals surface area contributed by atoms with Crippen LogP contribution < -0.4 is 10.5 Å². The number of nitrogens with two attached hydrogens (primary N) is 1. The fourth-order valence-corrected chi connectivity index (χ4v) is 2.56. The summed E-state index contributed by atoms with van der Waals surface area (Å²) in [5, 5.41) is 8.19. The molecule has 4 nitrogen and oxygen atoms in total. The van der Waals surface area contributed by atoms with Crippen molar-refractivity contribution in [1.82, 2.24) is 5.32 Å². The maximum Gasteiger partial charge on any atom is 0.238 e. The van der Waals surface area contributed by atoms with Gasteiger partial charge in [-0.05, 0) is 51.3 Å². The van der Waals surface area contributed by atoms with Crippen LogP contribution in [0.1, 0.15) is 11.1 Å². The van der Waals surface area contributed by atoms with E-state index in [2.05, 4.69) is 21.2 Å². The lowest BCUT2D eigenvalue weighted by atomic mass is 10.2. The average Bonchev–Trinajstić information content (AvgIpc) is 2.42. The number of primary sulfonamides is 1. The first kappa shape index (κ1) is 16.1. The van der Waals surface area contributed by atoms with Gasteiger partial charge in [-0.25, -0.2) is 17.9 Å². The maximum absolute atomic E-state index is 13.3. The zero-order valence-corrected chi connectivity index (χ0v) is 13.4. The molecule has 0 spiro atoms. The van der Waals surface area contributed by atoms with Crippen molar-refractivity contribution in [2.75, 3.05) is 0 Å². The maximum atomic E-state index is 13.3. The molecule has 21 heavy (non-hydrogen) atoms. The van der Waals surface area contributed by atoms with E-state index in [1.54, 1.807) is 18.2 Å². The Kier molecular flexibility index (Phi) is 5.10. The van der Waals surface area contributed by atoms with Crippen LogP contribution >= 0.6 is 15.9 Å². The third kappa shape index (κ3) is 4.60. The first-order valence-electron chi connectivity index (χ1n) is 6.12. The predicted octanol–water partition coefficient (Wildman–Crippen LogP) is 2.53. The molecule has 2 aromatic carbocycles. The van der Waals surface area contributed by atoms with Gasteiger partial charge in [-0.15, -0.1) is 0 Å². The predicted molar refractivity (Wildman–Crippen MR) is 82.5 cm³/mol. The van der Waals surface area contributed by atoms with Gasteiger partial charge in [-0.1, -0.05) is 18.2 Å². The second kappa shape index (κ2) is 6.65. The Hall–Kier alpha value is -1.28. The SMILES string of the molecule is NS(=O)(=O)c1ccc(CNCc2ccc(Br)c(F)c2)cc1. The molecular formula is C14H14BrFN2O2S. The first-order chi connectivity index (χ1) is 9.86. The van der Waals surface area contributed by atoms with Crippen LogP contribution in [0, 0.1) is 5.82 Å². The van der Waals surface area contributed by atoms with Crippen molar-refractivity contribution in [3.05, 3.63) is 63.9 Å². The summed E-state index contributed by atoms with van der Waals surface area (Å²) in [6.45, 7) is 1.06. The van der Waals surface area contributed by atoms with E-state index in [4.69, 9.17) is 5.14 Å². The monoisotopic (exact) mass is 372 g/mol. The van der Waals surface area contributed by atoms with Gasteiger partial charge in [0, 0.05) is 13.1 Å². The van der Waals surface area contributed by atoms with Crippen LogP contribution in [0.4, 0.5) is 4.39 Å². The third-order valence-electron chi connectivity index (χ3n) is 2.89. The van der Waals surface area contributed by atoms with Crippen LogP contribution in [0.2, 0.25) is 0 Å². The molecule has 7 heteroatoms. The zero-order chi connectivity index (χ0) is 15.5. The normalized spacial score (nSPS) is 11.6. The molecule has 2 aromatic rings. The fraction of sp³-hybridized carbons (Fsp3) is 0.143. The molecule has 0 amide bonds. The Morgan fingerprint density at radius 3 is 2.19 bits per heavy atom. The smallest absolute Gasteiger partial charge is 0.238 e. The van der Waals surface area contributed by atoms with Crippen molar-refractivity contribution in [2.45, 2.75) is 18.0 Å². The van der Waals surface area contributed by atoms with Gasteiger partial charge in [0.15, 0.2) is 0 Å². The largest absolute Gasteiger partial charge is 0.309 e. The topological polar surface area (TPSA) is 72.2 Å². The van der Waals surface area contributed by atoms with Gasteiger partial charge in [-0.3, -0.25) is 0 Å². The van der Waals surface area contributed by atoms with Crippen molar-refractivity contribution < 1.29 is 12.8 Å². The van der Waals surface area contributed by atoms with E-state index in [1.807, 2.05) is 6.07 Å². The van der Waals surface area contributed by atoms with E-state index in [1.165, 1.54) is 18.2 Å². The lowest BCUT2D eigenvalue weighted by Gasteiger charge is -2.06.